The third kappa shape index (κ3) is 4.15. The molecule has 0 spiro atoms. The molecule has 8 nitrogen and oxygen atoms in total. The topological polar surface area (TPSA) is 104 Å². The Morgan fingerprint density at radius 1 is 1.06 bits per heavy atom. The summed E-state index contributed by atoms with van der Waals surface area (Å²) < 4.78 is 26.8. The number of aryl methyl sites for hydroxylation is 1. The molecule has 0 aliphatic rings. The number of nitrogens with two attached hydrogens (primary N) is 1. The van der Waals surface area contributed by atoms with Gasteiger partial charge in [0.2, 0.25) is 0 Å². The lowest BCUT2D eigenvalue weighted by molar-refractivity contribution is 0.416. The molecular formula is C25H23FN6O2. The van der Waals surface area contributed by atoms with Gasteiger partial charge in [0.05, 0.1) is 24.5 Å². The first kappa shape index (κ1) is 21.4. The van der Waals surface area contributed by atoms with Gasteiger partial charge in [-0.3, -0.25) is 0 Å². The third-order valence-corrected chi connectivity index (χ3v) is 5.67. The number of fused-ring (bicyclic) bond motifs is 1. The number of methoxy groups -OCH3 is 1. The van der Waals surface area contributed by atoms with Crippen molar-refractivity contribution in [2.75, 3.05) is 24.7 Å². The lowest BCUT2D eigenvalue weighted by Crippen LogP contribution is -2.12. The lowest BCUT2D eigenvalue weighted by Gasteiger charge is -2.11. The average Bonchev–Trinajstić information content (AvgIpc) is 3.42. The van der Waals surface area contributed by atoms with Crippen molar-refractivity contribution < 1.29 is 13.5 Å². The highest BCUT2D eigenvalue weighted by molar-refractivity contribution is 5.87. The zero-order chi connectivity index (χ0) is 23.7. The number of nitrogen functional groups attached to an aromatic ring is 1. The van der Waals surface area contributed by atoms with E-state index in [0.717, 1.165) is 33.4 Å². The van der Waals surface area contributed by atoms with Crippen LogP contribution in [0.15, 0.2) is 65.5 Å². The van der Waals surface area contributed by atoms with Gasteiger partial charge in [0.15, 0.2) is 5.76 Å². The monoisotopic (exact) mass is 458 g/mol. The Bertz CT molecular complexity index is 1460. The summed E-state index contributed by atoms with van der Waals surface area (Å²) in [6.07, 6.45) is 3.12. The van der Waals surface area contributed by atoms with E-state index in [0.29, 0.717) is 30.4 Å². The van der Waals surface area contributed by atoms with E-state index < -0.39 is 0 Å². The Balaban J connectivity index is 1.30. The van der Waals surface area contributed by atoms with Crippen molar-refractivity contribution >= 4 is 22.7 Å². The van der Waals surface area contributed by atoms with Crippen molar-refractivity contribution in [1.29, 1.82) is 0 Å². The number of rotatable bonds is 7. The normalized spacial score (nSPS) is 11.1. The maximum atomic E-state index is 14.0. The van der Waals surface area contributed by atoms with Gasteiger partial charge in [-0.25, -0.2) is 19.3 Å². The molecule has 3 heterocycles. The fraction of sp³-hybridized carbons (Fsp3) is 0.160. The van der Waals surface area contributed by atoms with Crippen LogP contribution >= 0.6 is 0 Å². The number of hydrogen-bond acceptors (Lipinski definition) is 7. The first-order chi connectivity index (χ1) is 16.5. The third-order valence-electron chi connectivity index (χ3n) is 5.67. The molecule has 2 aromatic carbocycles. The van der Waals surface area contributed by atoms with Gasteiger partial charge in [0.1, 0.15) is 23.7 Å². The van der Waals surface area contributed by atoms with E-state index in [9.17, 15) is 4.39 Å². The van der Waals surface area contributed by atoms with Gasteiger partial charge in [-0.1, -0.05) is 24.3 Å². The first-order valence-electron chi connectivity index (χ1n) is 10.7. The minimum atomic E-state index is -0.324. The SMILES string of the molecule is COc1cc(F)cc2c1cc(C)n2CCNc1cc(-c2ccc(-c3cnc(N)o3)cc2)ncn1. The summed E-state index contributed by atoms with van der Waals surface area (Å²) in [4.78, 5) is 12.6. The fourth-order valence-electron chi connectivity index (χ4n) is 4.02. The number of oxazole rings is 1. The van der Waals surface area contributed by atoms with E-state index in [-0.39, 0.29) is 11.8 Å². The van der Waals surface area contributed by atoms with Crippen LogP contribution in [0.25, 0.3) is 33.5 Å². The Hall–Kier alpha value is -4.40. The van der Waals surface area contributed by atoms with Gasteiger partial charge in [0.25, 0.3) is 6.01 Å². The molecule has 0 atom stereocenters. The summed E-state index contributed by atoms with van der Waals surface area (Å²) in [6, 6.07) is 14.7. The Morgan fingerprint density at radius 3 is 2.59 bits per heavy atom. The van der Waals surface area contributed by atoms with Crippen LogP contribution in [0.1, 0.15) is 5.69 Å². The second-order valence-electron chi connectivity index (χ2n) is 7.83. The number of halogens is 1. The molecule has 0 saturated carbocycles. The fourth-order valence-corrected chi connectivity index (χ4v) is 4.02. The molecule has 5 rings (SSSR count). The predicted octanol–water partition coefficient (Wildman–Crippen LogP) is 4.90. The molecule has 0 unspecified atom stereocenters. The minimum absolute atomic E-state index is 0.137. The van der Waals surface area contributed by atoms with Crippen LogP contribution in [0.3, 0.4) is 0 Å². The van der Waals surface area contributed by atoms with E-state index in [2.05, 4.69) is 24.8 Å². The highest BCUT2D eigenvalue weighted by Crippen LogP contribution is 2.30. The molecule has 0 saturated heterocycles. The molecular weight excluding hydrogens is 435 g/mol. The van der Waals surface area contributed by atoms with Crippen LogP contribution in [-0.2, 0) is 6.54 Å². The zero-order valence-corrected chi connectivity index (χ0v) is 18.7. The van der Waals surface area contributed by atoms with E-state index >= 15 is 0 Å². The molecule has 0 bridgehead atoms. The predicted molar refractivity (Wildman–Crippen MR) is 129 cm³/mol. The highest BCUT2D eigenvalue weighted by atomic mass is 19.1. The van der Waals surface area contributed by atoms with Crippen LogP contribution in [-0.4, -0.2) is 33.2 Å². The van der Waals surface area contributed by atoms with Crippen LogP contribution in [0.2, 0.25) is 0 Å². The largest absolute Gasteiger partial charge is 0.496 e. The van der Waals surface area contributed by atoms with E-state index in [1.54, 1.807) is 13.3 Å². The Morgan fingerprint density at radius 2 is 1.85 bits per heavy atom. The maximum Gasteiger partial charge on any atom is 0.292 e. The van der Waals surface area contributed by atoms with Crippen molar-refractivity contribution in [2.45, 2.75) is 13.5 Å². The first-order valence-corrected chi connectivity index (χ1v) is 10.7. The second kappa shape index (κ2) is 8.86. The number of nitrogens with one attached hydrogen (secondary N) is 1. The van der Waals surface area contributed by atoms with Crippen molar-refractivity contribution in [1.82, 2.24) is 19.5 Å². The summed E-state index contributed by atoms with van der Waals surface area (Å²) in [5.41, 5.74) is 9.99. The molecule has 172 valence electrons. The van der Waals surface area contributed by atoms with Crippen LogP contribution in [0, 0.1) is 12.7 Å². The smallest absolute Gasteiger partial charge is 0.292 e. The van der Waals surface area contributed by atoms with Crippen molar-refractivity contribution in [3.05, 3.63) is 72.6 Å². The number of ether oxygens (including phenoxy) is 1. The van der Waals surface area contributed by atoms with Gasteiger partial charge in [0, 0.05) is 47.4 Å². The van der Waals surface area contributed by atoms with Gasteiger partial charge < -0.3 is 24.8 Å². The van der Waals surface area contributed by atoms with Crippen molar-refractivity contribution in [2.24, 2.45) is 0 Å². The van der Waals surface area contributed by atoms with E-state index in [4.69, 9.17) is 14.9 Å². The molecule has 0 fully saturated rings. The van der Waals surface area contributed by atoms with Crippen LogP contribution in [0.5, 0.6) is 5.75 Å². The summed E-state index contributed by atoms with van der Waals surface area (Å²) in [6.45, 7) is 3.24. The van der Waals surface area contributed by atoms with Gasteiger partial charge in [-0.2, -0.15) is 0 Å². The second-order valence-corrected chi connectivity index (χ2v) is 7.83. The summed E-state index contributed by atoms with van der Waals surface area (Å²) >= 11 is 0. The van der Waals surface area contributed by atoms with Gasteiger partial charge >= 0.3 is 0 Å². The molecule has 0 aliphatic heterocycles. The molecule has 3 N–H and O–H groups in total. The number of aromatic nitrogens is 4. The summed E-state index contributed by atoms with van der Waals surface area (Å²) in [7, 11) is 1.55. The highest BCUT2D eigenvalue weighted by Gasteiger charge is 2.12. The number of benzene rings is 2. The number of hydrogen-bond donors (Lipinski definition) is 2. The minimum Gasteiger partial charge on any atom is -0.496 e. The van der Waals surface area contributed by atoms with Crippen molar-refractivity contribution in [3.63, 3.8) is 0 Å². The van der Waals surface area contributed by atoms with Crippen LogP contribution < -0.4 is 15.8 Å². The molecule has 0 amide bonds. The van der Waals surface area contributed by atoms with E-state index in [1.165, 1.54) is 18.5 Å². The summed E-state index contributed by atoms with van der Waals surface area (Å²) in [5.74, 6) is 1.52. The van der Waals surface area contributed by atoms with Gasteiger partial charge in [-0.05, 0) is 19.1 Å². The summed E-state index contributed by atoms with van der Waals surface area (Å²) in [5, 5.41) is 4.23. The number of anilines is 2. The molecule has 5 aromatic rings. The standard InChI is InChI=1S/C25H23FN6O2/c1-15-9-19-21(10-18(26)11-22(19)33-2)32(15)8-7-28-24-12-20(30-14-31-24)16-3-5-17(6-4-16)23-13-29-25(27)34-23/h3-6,9-14H,7-8H2,1-2H3,(H2,27,29)(H,28,30,31). The molecule has 0 radical (unpaired) electrons. The molecule has 0 aliphatic carbocycles. The zero-order valence-electron chi connectivity index (χ0n) is 18.7. The quantitative estimate of drug-likeness (QED) is 0.357. The molecule has 34 heavy (non-hydrogen) atoms. The maximum absolute atomic E-state index is 14.0. The van der Waals surface area contributed by atoms with Crippen LogP contribution in [0.4, 0.5) is 16.2 Å². The lowest BCUT2D eigenvalue weighted by atomic mass is 10.1. The van der Waals surface area contributed by atoms with Crippen molar-refractivity contribution in [3.8, 4) is 28.3 Å². The average molecular weight is 458 g/mol. The van der Waals surface area contributed by atoms with E-state index in [1.807, 2.05) is 43.3 Å². The molecule has 3 aromatic heterocycles. The number of nitrogens with zero attached hydrogens (tertiary/aromatic N) is 4. The Labute approximate surface area is 195 Å². The molecule has 9 heteroatoms. The van der Waals surface area contributed by atoms with Gasteiger partial charge in [-0.15, -0.1) is 0 Å². The Kier molecular flexibility index (Phi) is 5.59.